The van der Waals surface area contributed by atoms with Crippen LogP contribution < -0.4 is 4.74 Å². The summed E-state index contributed by atoms with van der Waals surface area (Å²) in [6, 6.07) is 15.5. The van der Waals surface area contributed by atoms with Crippen molar-refractivity contribution in [1.82, 2.24) is 0 Å². The van der Waals surface area contributed by atoms with Gasteiger partial charge in [0, 0.05) is 6.92 Å². The van der Waals surface area contributed by atoms with Crippen LogP contribution in [0.2, 0.25) is 0 Å². The molecule has 228 valence electrons. The zero-order chi connectivity index (χ0) is 29.9. The fourth-order valence-corrected chi connectivity index (χ4v) is 6.63. The van der Waals surface area contributed by atoms with Crippen molar-refractivity contribution >= 4 is 18.1 Å². The lowest BCUT2D eigenvalue weighted by molar-refractivity contribution is -0.148. The van der Waals surface area contributed by atoms with Crippen LogP contribution >= 0.6 is 0 Å². The molecule has 0 spiro atoms. The monoisotopic (exact) mass is 580 g/mol. The second-order valence-corrected chi connectivity index (χ2v) is 11.5. The van der Waals surface area contributed by atoms with Crippen molar-refractivity contribution in [2.45, 2.75) is 90.4 Å². The summed E-state index contributed by atoms with van der Waals surface area (Å²) in [6.45, 7) is 3.66. The molecule has 42 heavy (non-hydrogen) atoms. The molecule has 1 saturated carbocycles. The maximum Gasteiger partial charge on any atom is 0.508 e. The number of unbranched alkanes of at least 4 members (excludes halogenated alkanes) is 2. The number of methoxy groups -OCH3 is 1. The Balaban J connectivity index is 1.42. The zero-order valence-corrected chi connectivity index (χ0v) is 25.0. The molecule has 0 bridgehead atoms. The molecule has 2 aromatic rings. The first kappa shape index (κ1) is 31.4. The molecule has 8 heteroatoms. The van der Waals surface area contributed by atoms with Crippen LogP contribution in [0.15, 0.2) is 48.5 Å². The van der Waals surface area contributed by atoms with Crippen molar-refractivity contribution in [3.05, 3.63) is 65.2 Å². The minimum Gasteiger partial charge on any atom is -0.482 e. The Morgan fingerprint density at radius 2 is 1.79 bits per heavy atom. The standard InChI is InChI=1S/C34H44O8/c1-4-5-7-14-27(41-23(2)35)16-17-28-29-18-25-13-10-15-31(30(25)19-26(29)20-32(28)42-34(37)38-3)39-22-33(36)40-21-24-11-8-6-9-12-24/h6,8-13,15,26-29,32H,4-5,7,14,16-22H2,1-3H3/t26-,27-,28+,29-,32+/m0/s1. The fourth-order valence-electron chi connectivity index (χ4n) is 6.63. The van der Waals surface area contributed by atoms with E-state index in [1.807, 2.05) is 42.5 Å². The molecule has 0 N–H and O–H groups in total. The van der Waals surface area contributed by atoms with Gasteiger partial charge in [-0.15, -0.1) is 0 Å². The lowest BCUT2D eigenvalue weighted by Crippen LogP contribution is -2.30. The van der Waals surface area contributed by atoms with Crippen LogP contribution in [0.25, 0.3) is 0 Å². The Morgan fingerprint density at radius 3 is 2.52 bits per heavy atom. The Labute approximate surface area is 249 Å². The lowest BCUT2D eigenvalue weighted by Gasteiger charge is -2.33. The van der Waals surface area contributed by atoms with E-state index in [-0.39, 0.29) is 37.3 Å². The maximum absolute atomic E-state index is 12.4. The summed E-state index contributed by atoms with van der Waals surface area (Å²) in [6.07, 6.45) is 6.86. The Morgan fingerprint density at radius 1 is 0.976 bits per heavy atom. The number of hydrogen-bond acceptors (Lipinski definition) is 8. The first-order chi connectivity index (χ1) is 20.4. The summed E-state index contributed by atoms with van der Waals surface area (Å²) < 4.78 is 27.7. The third-order valence-electron chi connectivity index (χ3n) is 8.61. The van der Waals surface area contributed by atoms with E-state index in [1.54, 1.807) is 0 Å². The molecule has 8 nitrogen and oxygen atoms in total. The van der Waals surface area contributed by atoms with Gasteiger partial charge in [-0.1, -0.05) is 62.2 Å². The third-order valence-corrected chi connectivity index (χ3v) is 8.61. The van der Waals surface area contributed by atoms with Crippen LogP contribution in [-0.2, 0) is 48.0 Å². The van der Waals surface area contributed by atoms with Crippen LogP contribution in [-0.4, -0.2) is 44.0 Å². The molecule has 0 heterocycles. The molecule has 0 saturated heterocycles. The number of ether oxygens (including phenoxy) is 5. The van der Waals surface area contributed by atoms with Gasteiger partial charge in [-0.25, -0.2) is 9.59 Å². The SMILES string of the molecule is CCCCC[C@@H](CC[C@@H]1[C@H]2Cc3cccc(OCC(=O)OCc4ccccc4)c3C[C@H]2C[C@H]1OC(=O)OC)OC(C)=O. The number of fused-ring (bicyclic) bond motifs is 2. The minimum absolute atomic E-state index is 0.129. The van der Waals surface area contributed by atoms with E-state index < -0.39 is 12.1 Å². The fraction of sp³-hybridized carbons (Fsp3) is 0.559. The van der Waals surface area contributed by atoms with E-state index >= 15 is 0 Å². The van der Waals surface area contributed by atoms with E-state index in [9.17, 15) is 14.4 Å². The van der Waals surface area contributed by atoms with Gasteiger partial charge in [0.1, 0.15) is 24.6 Å². The van der Waals surface area contributed by atoms with E-state index in [4.69, 9.17) is 23.7 Å². The van der Waals surface area contributed by atoms with Gasteiger partial charge < -0.3 is 23.7 Å². The van der Waals surface area contributed by atoms with Gasteiger partial charge in [-0.2, -0.15) is 0 Å². The van der Waals surface area contributed by atoms with E-state index in [1.165, 1.54) is 19.6 Å². The molecule has 2 aliphatic carbocycles. The normalized spacial score (nSPS) is 21.4. The third kappa shape index (κ3) is 8.73. The largest absolute Gasteiger partial charge is 0.508 e. The molecule has 2 aliphatic rings. The molecule has 5 atom stereocenters. The van der Waals surface area contributed by atoms with Crippen LogP contribution in [0.4, 0.5) is 4.79 Å². The van der Waals surface area contributed by atoms with Gasteiger partial charge in [0.2, 0.25) is 0 Å². The number of rotatable bonds is 14. The minimum atomic E-state index is -0.668. The molecule has 1 fully saturated rings. The molecular weight excluding hydrogens is 536 g/mol. The van der Waals surface area contributed by atoms with E-state index in [0.717, 1.165) is 68.9 Å². The number of esters is 2. The number of carbonyl (C=O) groups is 3. The summed E-state index contributed by atoms with van der Waals surface area (Å²) in [7, 11) is 1.33. The summed E-state index contributed by atoms with van der Waals surface area (Å²) in [5, 5.41) is 0. The second-order valence-electron chi connectivity index (χ2n) is 11.5. The molecule has 0 unspecified atom stereocenters. The van der Waals surface area contributed by atoms with Crippen LogP contribution in [0.1, 0.15) is 75.5 Å². The van der Waals surface area contributed by atoms with Crippen molar-refractivity contribution < 1.29 is 38.1 Å². The molecular formula is C34H44O8. The van der Waals surface area contributed by atoms with Crippen LogP contribution in [0, 0.1) is 17.8 Å². The summed E-state index contributed by atoms with van der Waals surface area (Å²) >= 11 is 0. The van der Waals surface area contributed by atoms with Crippen molar-refractivity contribution in [3.8, 4) is 5.75 Å². The molecule has 0 amide bonds. The van der Waals surface area contributed by atoms with Crippen molar-refractivity contribution in [1.29, 1.82) is 0 Å². The summed E-state index contributed by atoms with van der Waals surface area (Å²) in [5.41, 5.74) is 3.22. The van der Waals surface area contributed by atoms with Gasteiger partial charge in [-0.3, -0.25) is 4.79 Å². The summed E-state index contributed by atoms with van der Waals surface area (Å²) in [4.78, 5) is 36.3. The predicted molar refractivity (Wildman–Crippen MR) is 157 cm³/mol. The predicted octanol–water partition coefficient (Wildman–Crippen LogP) is 6.60. The van der Waals surface area contributed by atoms with Crippen molar-refractivity contribution in [3.63, 3.8) is 0 Å². The van der Waals surface area contributed by atoms with Gasteiger partial charge in [-0.05, 0) is 85.5 Å². The molecule has 0 aliphatic heterocycles. The van der Waals surface area contributed by atoms with Crippen molar-refractivity contribution in [2.24, 2.45) is 17.8 Å². The average molecular weight is 581 g/mol. The smallest absolute Gasteiger partial charge is 0.482 e. The van der Waals surface area contributed by atoms with Gasteiger partial charge in [0.15, 0.2) is 6.61 Å². The lowest BCUT2D eigenvalue weighted by atomic mass is 9.73. The van der Waals surface area contributed by atoms with Crippen molar-refractivity contribution in [2.75, 3.05) is 13.7 Å². The van der Waals surface area contributed by atoms with Gasteiger partial charge in [0.25, 0.3) is 0 Å². The number of hydrogen-bond donors (Lipinski definition) is 0. The van der Waals surface area contributed by atoms with Crippen LogP contribution in [0.5, 0.6) is 5.75 Å². The molecule has 0 aromatic heterocycles. The zero-order valence-electron chi connectivity index (χ0n) is 25.0. The first-order valence-corrected chi connectivity index (χ1v) is 15.2. The Kier molecular flexibility index (Phi) is 11.7. The quantitative estimate of drug-likeness (QED) is 0.140. The highest BCUT2D eigenvalue weighted by molar-refractivity contribution is 5.71. The Bertz CT molecular complexity index is 1180. The van der Waals surface area contributed by atoms with Crippen LogP contribution in [0.3, 0.4) is 0 Å². The molecule has 4 rings (SSSR count). The highest BCUT2D eigenvalue weighted by Crippen LogP contribution is 2.49. The highest BCUT2D eigenvalue weighted by atomic mass is 16.7. The average Bonchev–Trinajstić information content (AvgIpc) is 3.32. The summed E-state index contributed by atoms with van der Waals surface area (Å²) in [5.74, 6) is 0.752. The maximum atomic E-state index is 12.4. The number of carbonyl (C=O) groups excluding carboxylic acids is 3. The van der Waals surface area contributed by atoms with E-state index in [0.29, 0.717) is 17.6 Å². The van der Waals surface area contributed by atoms with Gasteiger partial charge >= 0.3 is 18.1 Å². The highest BCUT2D eigenvalue weighted by Gasteiger charge is 2.47. The first-order valence-electron chi connectivity index (χ1n) is 15.2. The number of benzene rings is 2. The topological polar surface area (TPSA) is 97.4 Å². The molecule has 2 aromatic carbocycles. The second kappa shape index (κ2) is 15.6. The van der Waals surface area contributed by atoms with E-state index in [2.05, 4.69) is 13.0 Å². The Hall–Kier alpha value is -3.55. The molecule has 0 radical (unpaired) electrons. The van der Waals surface area contributed by atoms with Gasteiger partial charge in [0.05, 0.1) is 7.11 Å².